The molecule has 0 unspecified atom stereocenters. The van der Waals surface area contributed by atoms with Crippen molar-refractivity contribution in [2.24, 2.45) is 11.8 Å². The Balaban J connectivity index is 2.00. The normalized spacial score (nSPS) is 23.8. The molecule has 2 saturated heterocycles. The van der Waals surface area contributed by atoms with E-state index in [0.29, 0.717) is 25.7 Å². The maximum absolute atomic E-state index is 13.7. The van der Waals surface area contributed by atoms with Gasteiger partial charge in [0, 0.05) is 0 Å². The van der Waals surface area contributed by atoms with Crippen molar-refractivity contribution in [2.45, 2.75) is 372 Å². The molecule has 0 aromatic carbocycles. The summed E-state index contributed by atoms with van der Waals surface area (Å²) in [5.41, 5.74) is 0. The van der Waals surface area contributed by atoms with Gasteiger partial charge in [0.25, 0.3) is 0 Å². The smallest absolute Gasteiger partial charge is 0.309 e. The number of carbonyl (C=O) groups is 2. The third kappa shape index (κ3) is 33.3. The average molecular weight is 1100 g/mol. The van der Waals surface area contributed by atoms with Gasteiger partial charge in [-0.3, -0.25) is 9.59 Å². The van der Waals surface area contributed by atoms with E-state index < -0.39 is 74.6 Å². The zero-order chi connectivity index (χ0) is 56.1. The zero-order valence-corrected chi connectivity index (χ0v) is 50.0. The van der Waals surface area contributed by atoms with Crippen molar-refractivity contribution >= 4 is 11.9 Å². The van der Waals surface area contributed by atoms with E-state index in [0.717, 1.165) is 77.0 Å². The Kier molecular flexibility index (Phi) is 44.8. The number of hydrogen-bond acceptors (Lipinski definition) is 13. The van der Waals surface area contributed by atoms with Crippen LogP contribution in [0.2, 0.25) is 0 Å². The Hall–Kier alpha value is -1.42. The summed E-state index contributed by atoms with van der Waals surface area (Å²) in [5.74, 6) is -1.41. The summed E-state index contributed by atoms with van der Waals surface area (Å²) in [6, 6.07) is 0. The molecular formula is C64H122O13. The van der Waals surface area contributed by atoms with Gasteiger partial charge in [0.2, 0.25) is 0 Å². The SMILES string of the molecule is CCCCCCCCCCCCC(CCCCCCCCCCCC)C(=O)OC[C@H]1O[C@H](O[C@H]2O[C@H](COC(=O)C(CCCCCCCCCCCC)CCCCCCCCCCCC)[C@@H](O)[C@H](O)[C@H]2O)[C@H](O)[C@@H](O)[C@@H]1O. The minimum atomic E-state index is -1.81. The third-order valence-electron chi connectivity index (χ3n) is 16.7. The van der Waals surface area contributed by atoms with Crippen LogP contribution >= 0.6 is 0 Å². The van der Waals surface area contributed by atoms with Gasteiger partial charge in [-0.2, -0.15) is 0 Å². The maximum Gasteiger partial charge on any atom is 0.309 e. The van der Waals surface area contributed by atoms with Crippen LogP contribution in [0.15, 0.2) is 0 Å². The first-order valence-electron chi connectivity index (χ1n) is 32.9. The van der Waals surface area contributed by atoms with Gasteiger partial charge < -0.3 is 54.3 Å². The fraction of sp³-hybridized carbons (Fsp3) is 0.969. The molecule has 2 aliphatic rings. The fourth-order valence-electron chi connectivity index (χ4n) is 11.3. The third-order valence-corrected chi connectivity index (χ3v) is 16.7. The van der Waals surface area contributed by atoms with Crippen molar-refractivity contribution in [1.29, 1.82) is 0 Å². The van der Waals surface area contributed by atoms with Gasteiger partial charge in [0.05, 0.1) is 11.8 Å². The minimum absolute atomic E-state index is 0.319. The van der Waals surface area contributed by atoms with E-state index in [1.165, 1.54) is 180 Å². The topological polar surface area (TPSA) is 202 Å². The standard InChI is InChI=1S/C64H122O13/c1-5-9-13-17-21-25-29-33-37-41-45-51(46-42-38-34-30-26-22-18-14-10-6-2)61(71)73-49-53-55(65)57(67)59(69)63(75-53)77-64-60(70)58(68)56(66)54(76-64)50-74-62(72)52(47-43-39-35-31-27-23-19-15-11-7-3)48-44-40-36-32-28-24-20-16-12-8-4/h51-60,63-70H,5-50H2,1-4H3/t53-,54-,55-,56-,57+,58+,59-,60-,63-,64-/m1/s1. The number of unbranched alkanes of at least 4 members (excludes halogenated alkanes) is 36. The zero-order valence-electron chi connectivity index (χ0n) is 50.0. The highest BCUT2D eigenvalue weighted by Gasteiger charge is 2.50. The number of rotatable bonds is 52. The largest absolute Gasteiger partial charge is 0.463 e. The van der Waals surface area contributed by atoms with Crippen LogP contribution in [-0.2, 0) is 33.3 Å². The Morgan fingerprint density at radius 2 is 0.519 bits per heavy atom. The van der Waals surface area contributed by atoms with Gasteiger partial charge in [-0.1, -0.05) is 285 Å². The van der Waals surface area contributed by atoms with E-state index in [9.17, 15) is 40.2 Å². The van der Waals surface area contributed by atoms with Crippen LogP contribution in [0.1, 0.15) is 310 Å². The molecule has 0 saturated carbocycles. The Morgan fingerprint density at radius 1 is 0.312 bits per heavy atom. The van der Waals surface area contributed by atoms with E-state index >= 15 is 0 Å². The summed E-state index contributed by atoms with van der Waals surface area (Å²) in [6.45, 7) is 8.11. The first-order valence-corrected chi connectivity index (χ1v) is 32.9. The predicted molar refractivity (Wildman–Crippen MR) is 309 cm³/mol. The molecule has 0 amide bonds. The van der Waals surface area contributed by atoms with Crippen molar-refractivity contribution in [3.63, 3.8) is 0 Å². The number of hydrogen-bond donors (Lipinski definition) is 6. The van der Waals surface area contributed by atoms with Crippen molar-refractivity contribution in [1.82, 2.24) is 0 Å². The summed E-state index contributed by atoms with van der Waals surface area (Å²) in [7, 11) is 0. The number of aliphatic hydroxyl groups excluding tert-OH is 6. The van der Waals surface area contributed by atoms with Gasteiger partial charge in [-0.15, -0.1) is 0 Å². The van der Waals surface area contributed by atoms with Crippen molar-refractivity contribution in [3.8, 4) is 0 Å². The van der Waals surface area contributed by atoms with Gasteiger partial charge in [-0.25, -0.2) is 0 Å². The molecule has 77 heavy (non-hydrogen) atoms. The second-order valence-corrected chi connectivity index (χ2v) is 23.7. The number of esters is 2. The van der Waals surface area contributed by atoms with Crippen LogP contribution in [0, 0.1) is 11.8 Å². The summed E-state index contributed by atoms with van der Waals surface area (Å²) in [4.78, 5) is 27.5. The predicted octanol–water partition coefficient (Wildman–Crippen LogP) is 14.2. The van der Waals surface area contributed by atoms with Crippen molar-refractivity contribution in [2.75, 3.05) is 13.2 Å². The molecule has 13 heteroatoms. The molecule has 0 aliphatic carbocycles. The molecule has 2 heterocycles. The monoisotopic (exact) mass is 1100 g/mol. The van der Waals surface area contributed by atoms with Crippen molar-refractivity contribution < 1.29 is 63.9 Å². The van der Waals surface area contributed by atoms with Gasteiger partial charge in [0.1, 0.15) is 62.0 Å². The molecule has 10 atom stereocenters. The molecule has 2 aliphatic heterocycles. The second kappa shape index (κ2) is 48.1. The lowest BCUT2D eigenvalue weighted by Crippen LogP contribution is -2.64. The summed E-state index contributed by atoms with van der Waals surface area (Å²) < 4.78 is 29.3. The Morgan fingerprint density at radius 3 is 0.740 bits per heavy atom. The average Bonchev–Trinajstić information content (AvgIpc) is 3.44. The van der Waals surface area contributed by atoms with Crippen LogP contribution in [0.4, 0.5) is 0 Å². The highest BCUT2D eigenvalue weighted by Crippen LogP contribution is 2.30. The van der Waals surface area contributed by atoms with Gasteiger partial charge in [0.15, 0.2) is 12.6 Å². The molecule has 0 aromatic heterocycles. The molecule has 0 radical (unpaired) electrons. The molecule has 6 N–H and O–H groups in total. The minimum Gasteiger partial charge on any atom is -0.463 e. The van der Waals surface area contributed by atoms with Gasteiger partial charge >= 0.3 is 11.9 Å². The highest BCUT2D eigenvalue weighted by atomic mass is 16.8. The van der Waals surface area contributed by atoms with Crippen LogP contribution < -0.4 is 0 Å². The van der Waals surface area contributed by atoms with E-state index in [2.05, 4.69) is 27.7 Å². The Bertz CT molecular complexity index is 1210. The van der Waals surface area contributed by atoms with Crippen LogP contribution in [0.5, 0.6) is 0 Å². The summed E-state index contributed by atoms with van der Waals surface area (Å²) in [5, 5.41) is 66.0. The molecule has 13 nitrogen and oxygen atoms in total. The molecule has 2 fully saturated rings. The summed E-state index contributed by atoms with van der Waals surface area (Å²) in [6.07, 6.45) is 34.3. The van der Waals surface area contributed by atoms with Gasteiger partial charge in [-0.05, 0) is 25.7 Å². The molecular weight excluding hydrogens is 977 g/mol. The first-order chi connectivity index (χ1) is 37.5. The van der Waals surface area contributed by atoms with Crippen LogP contribution in [0.25, 0.3) is 0 Å². The van der Waals surface area contributed by atoms with E-state index in [1.54, 1.807) is 0 Å². The maximum atomic E-state index is 13.7. The molecule has 0 spiro atoms. The first kappa shape index (κ1) is 71.7. The van der Waals surface area contributed by atoms with E-state index in [4.69, 9.17) is 23.7 Å². The lowest BCUT2D eigenvalue weighted by molar-refractivity contribution is -0.376. The number of ether oxygens (including phenoxy) is 5. The molecule has 0 bridgehead atoms. The fourth-order valence-corrected chi connectivity index (χ4v) is 11.3. The molecule has 456 valence electrons. The van der Waals surface area contributed by atoms with Crippen LogP contribution in [-0.4, -0.2) is 117 Å². The van der Waals surface area contributed by atoms with E-state index in [-0.39, 0.29) is 23.8 Å². The lowest BCUT2D eigenvalue weighted by Gasteiger charge is -2.44. The lowest BCUT2D eigenvalue weighted by atomic mass is 9.94. The van der Waals surface area contributed by atoms with Crippen LogP contribution in [0.3, 0.4) is 0 Å². The number of aliphatic hydroxyl groups is 6. The quantitative estimate of drug-likeness (QED) is 0.0248. The van der Waals surface area contributed by atoms with E-state index in [1.807, 2.05) is 0 Å². The molecule has 2 rings (SSSR count). The number of carbonyl (C=O) groups excluding carboxylic acids is 2. The highest BCUT2D eigenvalue weighted by molar-refractivity contribution is 5.72. The summed E-state index contributed by atoms with van der Waals surface area (Å²) >= 11 is 0. The Labute approximate surface area is 470 Å². The second-order valence-electron chi connectivity index (χ2n) is 23.7. The molecule has 0 aromatic rings. The van der Waals surface area contributed by atoms with Crippen molar-refractivity contribution in [3.05, 3.63) is 0 Å².